The molecule has 0 radical (unpaired) electrons. The van der Waals surface area contributed by atoms with Crippen LogP contribution in [0.4, 0.5) is 0 Å². The number of hydrogen-bond donors (Lipinski definition) is 2. The molecule has 0 saturated heterocycles. The van der Waals surface area contributed by atoms with E-state index in [2.05, 4.69) is 19.7 Å². The first kappa shape index (κ1) is 9.08. The Morgan fingerprint density at radius 1 is 1.40 bits per heavy atom. The molecule has 1 aromatic heterocycles. The lowest BCUT2D eigenvalue weighted by Crippen LogP contribution is -2.21. The summed E-state index contributed by atoms with van der Waals surface area (Å²) in [6.07, 6.45) is 4.47. The average Bonchev–Trinajstić information content (AvgIpc) is 2.07. The molecule has 0 aliphatic carbocycles. The number of hydrogen-bond acceptors (Lipinski definition) is 4. The van der Waals surface area contributed by atoms with Crippen molar-refractivity contribution in [2.45, 2.75) is 0 Å². The third-order valence-electron chi connectivity index (χ3n) is 0.347. The van der Waals surface area contributed by atoms with E-state index in [9.17, 15) is 8.42 Å². The predicted octanol–water partition coefficient (Wildman–Crippen LogP) is -1.18. The molecule has 0 aliphatic rings. The van der Waals surface area contributed by atoms with E-state index < -0.39 is 10.2 Å². The van der Waals surface area contributed by atoms with Crippen molar-refractivity contribution in [3.63, 3.8) is 0 Å². The van der Waals surface area contributed by atoms with E-state index in [4.69, 9.17) is 0 Å². The van der Waals surface area contributed by atoms with Gasteiger partial charge in [-0.25, -0.2) is 15.3 Å². The standard InChI is InChI=1S/C3H3NO.H4N2O2S/c1-2-5-3-4-1;1-5(2,3)4/h1-3H;(H4,1,2,3,4). The highest BCUT2D eigenvalue weighted by atomic mass is 32.2. The van der Waals surface area contributed by atoms with Crippen molar-refractivity contribution in [2.75, 3.05) is 0 Å². The molecule has 10 heavy (non-hydrogen) atoms. The summed E-state index contributed by atoms with van der Waals surface area (Å²) in [4.78, 5) is 3.56. The van der Waals surface area contributed by atoms with Gasteiger partial charge in [-0.3, -0.25) is 0 Å². The van der Waals surface area contributed by atoms with E-state index in [0.717, 1.165) is 0 Å². The zero-order chi connectivity index (χ0) is 8.04. The second-order valence-corrected chi connectivity index (χ2v) is 2.44. The monoisotopic (exact) mass is 165 g/mol. The van der Waals surface area contributed by atoms with Crippen LogP contribution in [0, 0.1) is 0 Å². The summed E-state index contributed by atoms with van der Waals surface area (Å²) in [5.74, 6) is 0. The number of nitrogens with two attached hydrogens (primary N) is 2. The average molecular weight is 165 g/mol. The van der Waals surface area contributed by atoms with E-state index in [1.165, 1.54) is 12.7 Å². The molecule has 6 nitrogen and oxygen atoms in total. The molecule has 0 fully saturated rings. The molecule has 0 aromatic carbocycles. The lowest BCUT2D eigenvalue weighted by atomic mass is 11.0. The fraction of sp³-hybridized carbons (Fsp3) is 0. The van der Waals surface area contributed by atoms with Crippen LogP contribution in [-0.2, 0) is 10.2 Å². The molecular formula is C3H7N3O3S. The summed E-state index contributed by atoms with van der Waals surface area (Å²) >= 11 is 0. The van der Waals surface area contributed by atoms with Crippen LogP contribution in [0.5, 0.6) is 0 Å². The van der Waals surface area contributed by atoms with Crippen molar-refractivity contribution in [2.24, 2.45) is 10.3 Å². The van der Waals surface area contributed by atoms with Crippen molar-refractivity contribution >= 4 is 10.2 Å². The van der Waals surface area contributed by atoms with E-state index in [1.54, 1.807) is 6.20 Å². The largest absolute Gasteiger partial charge is 0.452 e. The quantitative estimate of drug-likeness (QED) is 0.504. The highest BCUT2D eigenvalue weighted by Gasteiger charge is 1.78. The topological polar surface area (TPSA) is 112 Å². The third kappa shape index (κ3) is 15.7. The molecule has 58 valence electrons. The smallest absolute Gasteiger partial charge is 0.271 e. The Balaban J connectivity index is 0.000000162. The minimum Gasteiger partial charge on any atom is -0.452 e. The first-order chi connectivity index (χ1) is 4.50. The fourth-order valence-electron chi connectivity index (χ4n) is 0.176. The van der Waals surface area contributed by atoms with Crippen LogP contribution in [0.3, 0.4) is 0 Å². The summed E-state index contributed by atoms with van der Waals surface area (Å²) in [6, 6.07) is 0. The summed E-state index contributed by atoms with van der Waals surface area (Å²) in [5.41, 5.74) is 0. The molecule has 1 rings (SSSR count). The van der Waals surface area contributed by atoms with Gasteiger partial charge in [-0.2, -0.15) is 8.42 Å². The molecule has 0 atom stereocenters. The van der Waals surface area contributed by atoms with Gasteiger partial charge in [0.2, 0.25) is 0 Å². The van der Waals surface area contributed by atoms with Gasteiger partial charge in [0.25, 0.3) is 10.2 Å². The third-order valence-corrected chi connectivity index (χ3v) is 0.347. The molecule has 1 aromatic rings. The molecular weight excluding hydrogens is 158 g/mol. The molecule has 0 saturated carbocycles. The molecule has 0 aliphatic heterocycles. The Morgan fingerprint density at radius 3 is 2.00 bits per heavy atom. The predicted molar refractivity (Wildman–Crippen MR) is 33.8 cm³/mol. The minimum atomic E-state index is -3.67. The van der Waals surface area contributed by atoms with Gasteiger partial charge < -0.3 is 4.42 Å². The zero-order valence-electron chi connectivity index (χ0n) is 4.97. The van der Waals surface area contributed by atoms with Crippen LogP contribution in [0.15, 0.2) is 23.3 Å². The van der Waals surface area contributed by atoms with Crippen LogP contribution in [-0.4, -0.2) is 13.4 Å². The minimum absolute atomic E-state index is 1.38. The van der Waals surface area contributed by atoms with E-state index in [1.807, 2.05) is 0 Å². The summed E-state index contributed by atoms with van der Waals surface area (Å²) in [6.45, 7) is 0. The maximum atomic E-state index is 9.19. The van der Waals surface area contributed by atoms with Crippen molar-refractivity contribution < 1.29 is 12.8 Å². The first-order valence-electron chi connectivity index (χ1n) is 2.13. The second kappa shape index (κ2) is 3.99. The van der Waals surface area contributed by atoms with E-state index in [0.29, 0.717) is 0 Å². The van der Waals surface area contributed by atoms with Crippen molar-refractivity contribution in [1.29, 1.82) is 0 Å². The summed E-state index contributed by atoms with van der Waals surface area (Å²) in [7, 11) is -3.67. The Labute approximate surface area is 58.0 Å². The molecule has 7 heteroatoms. The maximum Gasteiger partial charge on any atom is 0.271 e. The number of nitrogens with zero attached hydrogens (tertiary/aromatic N) is 1. The Kier molecular flexibility index (Phi) is 3.62. The van der Waals surface area contributed by atoms with Crippen LogP contribution >= 0.6 is 0 Å². The Bertz CT molecular complexity index is 215. The fourth-order valence-corrected chi connectivity index (χ4v) is 0.176. The SMILES string of the molecule is NS(N)(=O)=O.c1cocn1. The molecule has 0 spiro atoms. The summed E-state index contributed by atoms with van der Waals surface area (Å²) < 4.78 is 22.8. The van der Waals surface area contributed by atoms with Crippen molar-refractivity contribution in [3.05, 3.63) is 18.9 Å². The van der Waals surface area contributed by atoms with Crippen molar-refractivity contribution in [3.8, 4) is 0 Å². The van der Waals surface area contributed by atoms with Gasteiger partial charge >= 0.3 is 0 Å². The molecule has 1 heterocycles. The normalized spacial score (nSPS) is 9.80. The Hall–Kier alpha value is -0.920. The van der Waals surface area contributed by atoms with Crippen LogP contribution in [0.25, 0.3) is 0 Å². The van der Waals surface area contributed by atoms with Gasteiger partial charge in [-0.15, -0.1) is 0 Å². The molecule has 0 unspecified atom stereocenters. The van der Waals surface area contributed by atoms with Crippen molar-refractivity contribution in [1.82, 2.24) is 4.98 Å². The van der Waals surface area contributed by atoms with E-state index >= 15 is 0 Å². The summed E-state index contributed by atoms with van der Waals surface area (Å²) in [5, 5.41) is 8.21. The van der Waals surface area contributed by atoms with Gasteiger partial charge in [-0.1, -0.05) is 0 Å². The molecule has 0 bridgehead atoms. The zero-order valence-corrected chi connectivity index (χ0v) is 5.78. The Morgan fingerprint density at radius 2 is 1.90 bits per heavy atom. The number of aromatic nitrogens is 1. The van der Waals surface area contributed by atoms with Gasteiger partial charge in [0, 0.05) is 0 Å². The second-order valence-electron chi connectivity index (χ2n) is 1.26. The molecule has 0 amide bonds. The van der Waals surface area contributed by atoms with Gasteiger partial charge in [0.05, 0.1) is 6.20 Å². The van der Waals surface area contributed by atoms with E-state index in [-0.39, 0.29) is 0 Å². The van der Waals surface area contributed by atoms with Gasteiger partial charge in [-0.05, 0) is 0 Å². The van der Waals surface area contributed by atoms with Crippen LogP contribution < -0.4 is 10.3 Å². The lowest BCUT2D eigenvalue weighted by Gasteiger charge is -1.72. The highest BCUT2D eigenvalue weighted by molar-refractivity contribution is 7.86. The number of rotatable bonds is 0. The van der Waals surface area contributed by atoms with Crippen LogP contribution in [0.1, 0.15) is 0 Å². The van der Waals surface area contributed by atoms with Crippen LogP contribution in [0.2, 0.25) is 0 Å². The maximum absolute atomic E-state index is 9.19. The molecule has 4 N–H and O–H groups in total. The highest BCUT2D eigenvalue weighted by Crippen LogP contribution is 1.72. The van der Waals surface area contributed by atoms with Gasteiger partial charge in [0.1, 0.15) is 6.26 Å². The lowest BCUT2D eigenvalue weighted by molar-refractivity contribution is 0.558. The van der Waals surface area contributed by atoms with Gasteiger partial charge in [0.15, 0.2) is 6.39 Å². The first-order valence-corrected chi connectivity index (χ1v) is 3.74. The number of oxazole rings is 1.